The zero-order valence-electron chi connectivity index (χ0n) is 22.0. The van der Waals surface area contributed by atoms with Gasteiger partial charge in [-0.05, 0) is 48.5 Å². The van der Waals surface area contributed by atoms with Crippen molar-refractivity contribution in [2.75, 3.05) is 54.1 Å². The minimum Gasteiger partial charge on any atom is -0.494 e. The van der Waals surface area contributed by atoms with Crippen molar-refractivity contribution in [2.24, 2.45) is 0 Å². The summed E-state index contributed by atoms with van der Waals surface area (Å²) in [5.74, 6) is -0.178. The summed E-state index contributed by atoms with van der Waals surface area (Å²) in [7, 11) is 1.50. The van der Waals surface area contributed by atoms with Gasteiger partial charge in [-0.25, -0.2) is 4.98 Å². The second kappa shape index (κ2) is 12.0. The summed E-state index contributed by atoms with van der Waals surface area (Å²) in [4.78, 5) is 31.4. The molecule has 3 N–H and O–H groups in total. The standard InChI is InChI=1S/C28H29F3N6O3/c1-4-26(39)32-19-6-5-7-20(16-19)33-27-22(28(29,30)31)9-11-25(35-27)34-23-10-8-21(17-24(23)40-3)37-14-12-36(13-15-37)18(2)38/h4-11,16-17H,1,12-15H2,2-3H3,(H,32,39)(H2,33,34,35). The molecule has 0 unspecified atom stereocenters. The molecule has 2 aromatic carbocycles. The van der Waals surface area contributed by atoms with Gasteiger partial charge in [0.15, 0.2) is 0 Å². The maximum absolute atomic E-state index is 13.8. The first-order valence-corrected chi connectivity index (χ1v) is 12.4. The number of nitrogens with one attached hydrogen (secondary N) is 3. The number of ether oxygens (including phenoxy) is 1. The number of pyridine rings is 1. The van der Waals surface area contributed by atoms with Crippen molar-refractivity contribution >= 4 is 46.2 Å². The van der Waals surface area contributed by atoms with E-state index in [-0.39, 0.29) is 11.7 Å². The topological polar surface area (TPSA) is 98.8 Å². The molecule has 2 heterocycles. The van der Waals surface area contributed by atoms with Crippen molar-refractivity contribution in [3.8, 4) is 5.75 Å². The Morgan fingerprint density at radius 2 is 1.73 bits per heavy atom. The molecule has 2 amide bonds. The molecule has 1 fully saturated rings. The molecule has 1 aromatic heterocycles. The number of alkyl halides is 3. The molecule has 0 atom stereocenters. The monoisotopic (exact) mass is 554 g/mol. The van der Waals surface area contributed by atoms with Gasteiger partial charge in [-0.15, -0.1) is 0 Å². The van der Waals surface area contributed by atoms with Crippen LogP contribution in [-0.4, -0.2) is 55.0 Å². The van der Waals surface area contributed by atoms with E-state index in [4.69, 9.17) is 4.74 Å². The fourth-order valence-electron chi connectivity index (χ4n) is 4.25. The third-order valence-corrected chi connectivity index (χ3v) is 6.32. The first kappa shape index (κ1) is 28.3. The van der Waals surface area contributed by atoms with Crippen LogP contribution in [0.2, 0.25) is 0 Å². The van der Waals surface area contributed by atoms with Crippen LogP contribution in [0.15, 0.2) is 67.3 Å². The number of aromatic nitrogens is 1. The maximum Gasteiger partial charge on any atom is 0.419 e. The number of nitrogens with zero attached hydrogens (tertiary/aromatic N) is 3. The lowest BCUT2D eigenvalue weighted by Crippen LogP contribution is -2.48. The fraction of sp³-hybridized carbons (Fsp3) is 0.250. The van der Waals surface area contributed by atoms with E-state index in [1.165, 1.54) is 19.2 Å². The number of piperazine rings is 1. The van der Waals surface area contributed by atoms with Crippen LogP contribution >= 0.6 is 0 Å². The normalized spacial score (nSPS) is 13.4. The van der Waals surface area contributed by atoms with E-state index in [1.807, 2.05) is 12.1 Å². The van der Waals surface area contributed by atoms with Gasteiger partial charge in [-0.1, -0.05) is 12.6 Å². The van der Waals surface area contributed by atoms with Crippen LogP contribution in [0.1, 0.15) is 12.5 Å². The SMILES string of the molecule is C=CC(=O)Nc1cccc(Nc2nc(Nc3ccc(N4CCN(C(C)=O)CC4)cc3OC)ccc2C(F)(F)F)c1. The Hall–Kier alpha value is -4.74. The molecule has 210 valence electrons. The molecule has 1 aliphatic heterocycles. The van der Waals surface area contributed by atoms with E-state index in [2.05, 4.69) is 32.4 Å². The van der Waals surface area contributed by atoms with Crippen molar-refractivity contribution in [3.05, 3.63) is 72.8 Å². The zero-order chi connectivity index (χ0) is 28.9. The molecule has 3 aromatic rings. The number of hydrogen-bond acceptors (Lipinski definition) is 7. The number of benzene rings is 2. The summed E-state index contributed by atoms with van der Waals surface area (Å²) in [6, 6.07) is 13.9. The molecule has 0 radical (unpaired) electrons. The predicted octanol–water partition coefficient (Wildman–Crippen LogP) is 5.39. The first-order chi connectivity index (χ1) is 19.1. The van der Waals surface area contributed by atoms with Crippen molar-refractivity contribution in [1.29, 1.82) is 0 Å². The third kappa shape index (κ3) is 6.82. The smallest absolute Gasteiger partial charge is 0.419 e. The molecule has 40 heavy (non-hydrogen) atoms. The van der Waals surface area contributed by atoms with Crippen LogP contribution in [0.5, 0.6) is 5.75 Å². The average molecular weight is 555 g/mol. The molecule has 0 saturated carbocycles. The van der Waals surface area contributed by atoms with Gasteiger partial charge < -0.3 is 30.5 Å². The van der Waals surface area contributed by atoms with Gasteiger partial charge in [0.25, 0.3) is 0 Å². The molecular weight excluding hydrogens is 525 g/mol. The third-order valence-electron chi connectivity index (χ3n) is 6.32. The lowest BCUT2D eigenvalue weighted by molar-refractivity contribution is -0.137. The van der Waals surface area contributed by atoms with Crippen molar-refractivity contribution in [1.82, 2.24) is 9.88 Å². The number of amides is 2. The number of hydrogen-bond donors (Lipinski definition) is 3. The van der Waals surface area contributed by atoms with Gasteiger partial charge in [0.1, 0.15) is 17.4 Å². The summed E-state index contributed by atoms with van der Waals surface area (Å²) in [6.45, 7) is 7.51. The van der Waals surface area contributed by atoms with Gasteiger partial charge >= 0.3 is 6.18 Å². The van der Waals surface area contributed by atoms with Crippen LogP contribution in [-0.2, 0) is 15.8 Å². The molecule has 9 nitrogen and oxygen atoms in total. The predicted molar refractivity (Wildman–Crippen MR) is 149 cm³/mol. The maximum atomic E-state index is 13.8. The Morgan fingerprint density at radius 3 is 2.38 bits per heavy atom. The molecule has 4 rings (SSSR count). The van der Waals surface area contributed by atoms with Crippen LogP contribution in [0.3, 0.4) is 0 Å². The highest BCUT2D eigenvalue weighted by Crippen LogP contribution is 2.38. The van der Waals surface area contributed by atoms with Crippen LogP contribution in [0.4, 0.5) is 47.6 Å². The van der Waals surface area contributed by atoms with E-state index in [0.29, 0.717) is 49.0 Å². The van der Waals surface area contributed by atoms with Crippen molar-refractivity contribution in [3.63, 3.8) is 0 Å². The quantitative estimate of drug-likeness (QED) is 0.321. The molecule has 0 aliphatic carbocycles. The van der Waals surface area contributed by atoms with Gasteiger partial charge in [0, 0.05) is 56.2 Å². The van der Waals surface area contributed by atoms with Crippen LogP contribution in [0, 0.1) is 0 Å². The number of anilines is 6. The van der Waals surface area contributed by atoms with E-state index >= 15 is 0 Å². The molecular formula is C28H29F3N6O3. The molecule has 0 bridgehead atoms. The summed E-state index contributed by atoms with van der Waals surface area (Å²) in [6.07, 6.45) is -3.57. The molecule has 1 saturated heterocycles. The molecule has 12 heteroatoms. The molecule has 1 aliphatic rings. The molecule has 0 spiro atoms. The summed E-state index contributed by atoms with van der Waals surface area (Å²) in [5, 5.41) is 8.33. The van der Waals surface area contributed by atoms with Crippen LogP contribution < -0.4 is 25.6 Å². The first-order valence-electron chi connectivity index (χ1n) is 12.4. The highest BCUT2D eigenvalue weighted by atomic mass is 19.4. The van der Waals surface area contributed by atoms with Crippen molar-refractivity contribution in [2.45, 2.75) is 13.1 Å². The Balaban J connectivity index is 1.57. The number of methoxy groups -OCH3 is 1. The van der Waals surface area contributed by atoms with Gasteiger partial charge in [0.2, 0.25) is 11.8 Å². The Morgan fingerprint density at radius 1 is 1.00 bits per heavy atom. The van der Waals surface area contributed by atoms with E-state index < -0.39 is 23.5 Å². The minimum atomic E-state index is -4.66. The lowest BCUT2D eigenvalue weighted by Gasteiger charge is -2.35. The van der Waals surface area contributed by atoms with Gasteiger partial charge in [-0.2, -0.15) is 13.2 Å². The number of carbonyl (C=O) groups excluding carboxylic acids is 2. The minimum absolute atomic E-state index is 0.0434. The average Bonchev–Trinajstić information content (AvgIpc) is 2.93. The summed E-state index contributed by atoms with van der Waals surface area (Å²) in [5.41, 5.74) is 1.14. The highest BCUT2D eigenvalue weighted by Gasteiger charge is 2.34. The van der Waals surface area contributed by atoms with E-state index in [1.54, 1.807) is 36.1 Å². The van der Waals surface area contributed by atoms with E-state index in [9.17, 15) is 22.8 Å². The summed E-state index contributed by atoms with van der Waals surface area (Å²) >= 11 is 0. The lowest BCUT2D eigenvalue weighted by atomic mass is 10.2. The number of carbonyl (C=O) groups is 2. The van der Waals surface area contributed by atoms with Crippen LogP contribution in [0.25, 0.3) is 0 Å². The largest absolute Gasteiger partial charge is 0.494 e. The highest BCUT2D eigenvalue weighted by molar-refractivity contribution is 5.99. The van der Waals surface area contributed by atoms with Gasteiger partial charge in [-0.3, -0.25) is 9.59 Å². The Labute approximate surface area is 229 Å². The zero-order valence-corrected chi connectivity index (χ0v) is 22.0. The number of halogens is 3. The number of rotatable bonds is 8. The van der Waals surface area contributed by atoms with Gasteiger partial charge in [0.05, 0.1) is 18.4 Å². The Bertz CT molecular complexity index is 1400. The fourth-order valence-corrected chi connectivity index (χ4v) is 4.25. The van der Waals surface area contributed by atoms with E-state index in [0.717, 1.165) is 17.8 Å². The van der Waals surface area contributed by atoms with Crippen molar-refractivity contribution < 1.29 is 27.5 Å². The Kier molecular flexibility index (Phi) is 8.46. The summed E-state index contributed by atoms with van der Waals surface area (Å²) < 4.78 is 46.9. The second-order valence-corrected chi connectivity index (χ2v) is 8.99. The second-order valence-electron chi connectivity index (χ2n) is 8.99.